The van der Waals surface area contributed by atoms with Crippen LogP contribution in [0.2, 0.25) is 0 Å². The number of rotatable bonds is 3. The van der Waals surface area contributed by atoms with Gasteiger partial charge in [-0.05, 0) is 37.5 Å². The molecule has 0 N–H and O–H groups in total. The molecular weight excluding hydrogens is 474 g/mol. The number of halogens is 2. The van der Waals surface area contributed by atoms with E-state index in [1.54, 1.807) is 0 Å². The van der Waals surface area contributed by atoms with Gasteiger partial charge in [0.2, 0.25) is 0 Å². The van der Waals surface area contributed by atoms with Gasteiger partial charge < -0.3 is 3.07 Å². The second-order valence-electron chi connectivity index (χ2n) is 5.44. The monoisotopic (exact) mass is 510 g/mol. The Morgan fingerprint density at radius 2 is 1.20 bits per heavy atom. The van der Waals surface area contributed by atoms with Crippen molar-refractivity contribution in [2.24, 2.45) is 11.8 Å². The number of alkyl halides is 1. The average molecular weight is 510 g/mol. The lowest BCUT2D eigenvalue weighted by Gasteiger charge is -2.19. The summed E-state index contributed by atoms with van der Waals surface area (Å²) in [5.41, 5.74) is 0. The molecule has 0 spiro atoms. The Kier molecular flexibility index (Phi) is 21.9. The Balaban J connectivity index is 0. The molecule has 124 valence electrons. The van der Waals surface area contributed by atoms with Crippen LogP contribution in [0.25, 0.3) is 0 Å². The average Bonchev–Trinajstić information content (AvgIpc) is 2.52. The van der Waals surface area contributed by atoms with Crippen LogP contribution in [-0.2, 0) is 3.07 Å². The SMILES string of the molecule is C.CC.ICC1CCCCC1.IOCC1CCCCC1. The fourth-order valence-corrected chi connectivity index (χ4v) is 4.17. The molecule has 2 rings (SSSR count). The molecule has 0 bridgehead atoms. The summed E-state index contributed by atoms with van der Waals surface area (Å²) in [4.78, 5) is 0. The van der Waals surface area contributed by atoms with Gasteiger partial charge in [-0.3, -0.25) is 0 Å². The van der Waals surface area contributed by atoms with Gasteiger partial charge >= 0.3 is 0 Å². The summed E-state index contributed by atoms with van der Waals surface area (Å²) in [5.74, 6) is 1.94. The van der Waals surface area contributed by atoms with Crippen molar-refractivity contribution in [2.45, 2.75) is 85.5 Å². The van der Waals surface area contributed by atoms with Gasteiger partial charge in [0.1, 0.15) is 23.0 Å². The van der Waals surface area contributed by atoms with Gasteiger partial charge in [-0.15, -0.1) is 0 Å². The third-order valence-electron chi connectivity index (χ3n) is 3.97. The Bertz CT molecular complexity index is 162. The molecule has 20 heavy (non-hydrogen) atoms. The Morgan fingerprint density at radius 1 is 0.800 bits per heavy atom. The molecule has 2 fully saturated rings. The van der Waals surface area contributed by atoms with Gasteiger partial charge in [0.05, 0.1) is 6.61 Å². The summed E-state index contributed by atoms with van der Waals surface area (Å²) in [6.07, 6.45) is 14.6. The van der Waals surface area contributed by atoms with E-state index in [-0.39, 0.29) is 7.43 Å². The molecule has 0 amide bonds. The van der Waals surface area contributed by atoms with E-state index in [4.69, 9.17) is 3.07 Å². The Hall–Kier alpha value is 1.42. The first-order valence-corrected chi connectivity index (χ1v) is 10.6. The molecule has 2 aliphatic carbocycles. The molecule has 0 aromatic carbocycles. The van der Waals surface area contributed by atoms with Gasteiger partial charge in [0.25, 0.3) is 0 Å². The van der Waals surface area contributed by atoms with Gasteiger partial charge in [0, 0.05) is 4.43 Å². The minimum absolute atomic E-state index is 0. The highest BCUT2D eigenvalue weighted by Gasteiger charge is 2.12. The highest BCUT2D eigenvalue weighted by atomic mass is 127. The van der Waals surface area contributed by atoms with Crippen LogP contribution < -0.4 is 0 Å². The quantitative estimate of drug-likeness (QED) is 0.281. The highest BCUT2D eigenvalue weighted by Crippen LogP contribution is 2.25. The van der Waals surface area contributed by atoms with E-state index in [0.29, 0.717) is 0 Å². The second kappa shape index (κ2) is 18.5. The molecule has 3 heteroatoms. The Morgan fingerprint density at radius 3 is 1.50 bits per heavy atom. The molecule has 2 aliphatic rings. The van der Waals surface area contributed by atoms with E-state index in [0.717, 1.165) is 18.4 Å². The van der Waals surface area contributed by atoms with Crippen LogP contribution in [0.1, 0.15) is 85.5 Å². The molecule has 1 nitrogen and oxygen atoms in total. The molecule has 0 unspecified atom stereocenters. The predicted octanol–water partition coefficient (Wildman–Crippen LogP) is 7.60. The van der Waals surface area contributed by atoms with Crippen molar-refractivity contribution in [3.63, 3.8) is 0 Å². The van der Waals surface area contributed by atoms with E-state index in [1.165, 1.54) is 68.6 Å². The van der Waals surface area contributed by atoms with Crippen molar-refractivity contribution in [1.29, 1.82) is 0 Å². The standard InChI is InChI=1S/C7H13IO.C7H13I.C2H6.CH4/c8-9-6-7-4-2-1-3-5-7;8-6-7-4-2-1-3-5-7;1-2;/h7H,1-6H2;7H,1-6H2;1-2H3;1H4. The zero-order chi connectivity index (χ0) is 14.3. The van der Waals surface area contributed by atoms with Gasteiger partial charge in [0.15, 0.2) is 0 Å². The van der Waals surface area contributed by atoms with Crippen molar-refractivity contribution in [1.82, 2.24) is 0 Å². The normalized spacial score (nSPS) is 19.8. The Labute approximate surface area is 156 Å². The molecule has 0 aromatic heterocycles. The molecule has 2 saturated carbocycles. The van der Waals surface area contributed by atoms with Gasteiger partial charge in [-0.1, -0.05) is 82.4 Å². The van der Waals surface area contributed by atoms with Crippen molar-refractivity contribution in [3.8, 4) is 0 Å². The fourth-order valence-electron chi connectivity index (χ4n) is 2.78. The predicted molar refractivity (Wildman–Crippen MR) is 110 cm³/mol. The molecular formula is C17H36I2O. The molecule has 0 radical (unpaired) electrons. The third kappa shape index (κ3) is 13.1. The zero-order valence-corrected chi connectivity index (χ0v) is 17.1. The van der Waals surface area contributed by atoms with Gasteiger partial charge in [-0.2, -0.15) is 0 Å². The topological polar surface area (TPSA) is 9.23 Å². The molecule has 0 aromatic rings. The maximum atomic E-state index is 5.05. The maximum absolute atomic E-state index is 5.05. The minimum atomic E-state index is 0. The summed E-state index contributed by atoms with van der Waals surface area (Å²) < 4.78 is 6.44. The van der Waals surface area contributed by atoms with E-state index in [1.807, 2.05) is 36.9 Å². The largest absolute Gasteiger partial charge is 0.316 e. The minimum Gasteiger partial charge on any atom is -0.316 e. The van der Waals surface area contributed by atoms with Crippen molar-refractivity contribution in [2.75, 3.05) is 11.0 Å². The summed E-state index contributed by atoms with van der Waals surface area (Å²) in [5, 5.41) is 0. The summed E-state index contributed by atoms with van der Waals surface area (Å²) >= 11 is 4.50. The molecule has 0 atom stereocenters. The maximum Gasteiger partial charge on any atom is 0.109 e. The smallest absolute Gasteiger partial charge is 0.109 e. The lowest BCUT2D eigenvalue weighted by atomic mass is 9.90. The first kappa shape index (κ1) is 23.7. The van der Waals surface area contributed by atoms with Crippen LogP contribution in [0, 0.1) is 11.8 Å². The fraction of sp³-hybridized carbons (Fsp3) is 1.00. The van der Waals surface area contributed by atoms with Crippen LogP contribution in [-0.4, -0.2) is 11.0 Å². The molecule has 0 heterocycles. The van der Waals surface area contributed by atoms with E-state index >= 15 is 0 Å². The van der Waals surface area contributed by atoms with Crippen LogP contribution in [0.4, 0.5) is 0 Å². The van der Waals surface area contributed by atoms with Crippen LogP contribution in [0.15, 0.2) is 0 Å². The summed E-state index contributed by atoms with van der Waals surface area (Å²) in [6.45, 7) is 4.97. The van der Waals surface area contributed by atoms with E-state index in [2.05, 4.69) is 22.6 Å². The summed E-state index contributed by atoms with van der Waals surface area (Å²) in [6, 6.07) is 0. The third-order valence-corrected chi connectivity index (χ3v) is 5.57. The lowest BCUT2D eigenvalue weighted by molar-refractivity contribution is 0.257. The highest BCUT2D eigenvalue weighted by molar-refractivity contribution is 14.1. The van der Waals surface area contributed by atoms with Crippen LogP contribution in [0.5, 0.6) is 0 Å². The molecule has 0 saturated heterocycles. The van der Waals surface area contributed by atoms with E-state index in [9.17, 15) is 0 Å². The number of hydrogen-bond acceptors (Lipinski definition) is 1. The molecule has 0 aliphatic heterocycles. The summed E-state index contributed by atoms with van der Waals surface area (Å²) in [7, 11) is 0. The van der Waals surface area contributed by atoms with Crippen LogP contribution in [0.3, 0.4) is 0 Å². The van der Waals surface area contributed by atoms with Crippen molar-refractivity contribution in [3.05, 3.63) is 0 Å². The first-order valence-electron chi connectivity index (χ1n) is 8.16. The van der Waals surface area contributed by atoms with Crippen molar-refractivity contribution >= 4 is 45.6 Å². The van der Waals surface area contributed by atoms with E-state index < -0.39 is 0 Å². The van der Waals surface area contributed by atoms with Crippen LogP contribution >= 0.6 is 45.6 Å². The second-order valence-corrected chi connectivity index (χ2v) is 6.94. The number of hydrogen-bond donors (Lipinski definition) is 0. The van der Waals surface area contributed by atoms with Gasteiger partial charge in [-0.25, -0.2) is 0 Å². The van der Waals surface area contributed by atoms with Crippen molar-refractivity contribution < 1.29 is 3.07 Å². The lowest BCUT2D eigenvalue weighted by Crippen LogP contribution is -2.10. The zero-order valence-electron chi connectivity index (χ0n) is 12.8. The first-order chi connectivity index (χ1) is 9.36.